The van der Waals surface area contributed by atoms with Crippen LogP contribution in [0.4, 0.5) is 10.5 Å². The van der Waals surface area contributed by atoms with Crippen molar-refractivity contribution in [2.24, 2.45) is 0 Å². The molecule has 0 aliphatic carbocycles. The standard InChI is InChI=1S/C28H26N2O3/c1-17-5-6-20(4)25(14-17)30-27(32)24(26(31)29-28(30)33)16-22-9-7-21(8-10-22)15-23-12-18(2)11-19(3)13-23/h5-14,16H,15H2,1-4H3,(H,29,31,33)/b24-16+. The molecule has 3 aromatic carbocycles. The van der Waals surface area contributed by atoms with Gasteiger partial charge in [-0.15, -0.1) is 0 Å². The number of anilines is 1. The van der Waals surface area contributed by atoms with Crippen LogP contribution >= 0.6 is 0 Å². The summed E-state index contributed by atoms with van der Waals surface area (Å²) in [6.45, 7) is 7.88. The van der Waals surface area contributed by atoms with Gasteiger partial charge in [-0.25, -0.2) is 9.69 Å². The summed E-state index contributed by atoms with van der Waals surface area (Å²) in [4.78, 5) is 39.2. The van der Waals surface area contributed by atoms with E-state index in [1.54, 1.807) is 6.07 Å². The minimum atomic E-state index is -0.736. The summed E-state index contributed by atoms with van der Waals surface area (Å²) in [6, 6.07) is 19.0. The summed E-state index contributed by atoms with van der Waals surface area (Å²) in [7, 11) is 0. The van der Waals surface area contributed by atoms with E-state index in [-0.39, 0.29) is 5.57 Å². The molecule has 5 nitrogen and oxygen atoms in total. The van der Waals surface area contributed by atoms with Gasteiger partial charge in [-0.3, -0.25) is 14.9 Å². The highest BCUT2D eigenvalue weighted by Crippen LogP contribution is 2.26. The number of urea groups is 1. The highest BCUT2D eigenvalue weighted by molar-refractivity contribution is 6.39. The van der Waals surface area contributed by atoms with Gasteiger partial charge in [0.1, 0.15) is 5.57 Å². The van der Waals surface area contributed by atoms with Gasteiger partial charge in [-0.05, 0) is 74.1 Å². The van der Waals surface area contributed by atoms with Crippen LogP contribution in [0.2, 0.25) is 0 Å². The fourth-order valence-corrected chi connectivity index (χ4v) is 4.14. The molecule has 4 amide bonds. The molecule has 33 heavy (non-hydrogen) atoms. The molecule has 1 fully saturated rings. The summed E-state index contributed by atoms with van der Waals surface area (Å²) in [5.41, 5.74) is 7.64. The first-order valence-electron chi connectivity index (χ1n) is 10.9. The first-order valence-corrected chi connectivity index (χ1v) is 10.9. The fraction of sp³-hybridized carbons (Fsp3) is 0.179. The first-order chi connectivity index (χ1) is 15.7. The summed E-state index contributed by atoms with van der Waals surface area (Å²) in [6.07, 6.45) is 2.33. The summed E-state index contributed by atoms with van der Waals surface area (Å²) in [5, 5.41) is 2.29. The Kier molecular flexibility index (Phi) is 5.97. The second-order valence-electron chi connectivity index (χ2n) is 8.66. The molecule has 0 spiro atoms. The average Bonchev–Trinajstić information content (AvgIpc) is 2.74. The van der Waals surface area contributed by atoms with Crippen molar-refractivity contribution in [3.05, 3.63) is 105 Å². The number of amides is 4. The van der Waals surface area contributed by atoms with Gasteiger partial charge >= 0.3 is 6.03 Å². The summed E-state index contributed by atoms with van der Waals surface area (Å²) in [5.74, 6) is -1.32. The van der Waals surface area contributed by atoms with Crippen molar-refractivity contribution in [3.8, 4) is 0 Å². The molecule has 4 rings (SSSR count). The van der Waals surface area contributed by atoms with Crippen molar-refractivity contribution in [1.29, 1.82) is 0 Å². The molecule has 1 N–H and O–H groups in total. The Bertz CT molecular complexity index is 1280. The smallest absolute Gasteiger partial charge is 0.273 e. The predicted molar refractivity (Wildman–Crippen MR) is 130 cm³/mol. The van der Waals surface area contributed by atoms with Crippen LogP contribution in [0.3, 0.4) is 0 Å². The van der Waals surface area contributed by atoms with Crippen molar-refractivity contribution in [1.82, 2.24) is 5.32 Å². The minimum absolute atomic E-state index is 0.0717. The van der Waals surface area contributed by atoms with E-state index in [4.69, 9.17) is 0 Å². The first kappa shape index (κ1) is 22.2. The van der Waals surface area contributed by atoms with Crippen molar-refractivity contribution >= 4 is 29.6 Å². The van der Waals surface area contributed by atoms with Crippen LogP contribution in [0.15, 0.2) is 66.2 Å². The van der Waals surface area contributed by atoms with Crippen LogP contribution in [0.1, 0.15) is 38.9 Å². The second kappa shape index (κ2) is 8.87. The third-order valence-corrected chi connectivity index (χ3v) is 5.69. The van der Waals surface area contributed by atoms with Gasteiger partial charge in [0, 0.05) is 0 Å². The Morgan fingerprint density at radius 1 is 0.758 bits per heavy atom. The number of aryl methyl sites for hydroxylation is 4. The van der Waals surface area contributed by atoms with E-state index in [0.717, 1.165) is 28.0 Å². The van der Waals surface area contributed by atoms with Gasteiger partial charge < -0.3 is 0 Å². The van der Waals surface area contributed by atoms with E-state index in [0.29, 0.717) is 11.3 Å². The number of carbonyl (C=O) groups is 3. The van der Waals surface area contributed by atoms with Gasteiger partial charge in [0.05, 0.1) is 5.69 Å². The van der Waals surface area contributed by atoms with Crippen molar-refractivity contribution < 1.29 is 14.4 Å². The topological polar surface area (TPSA) is 66.5 Å². The minimum Gasteiger partial charge on any atom is -0.273 e. The Morgan fingerprint density at radius 2 is 1.42 bits per heavy atom. The molecule has 5 heteroatoms. The van der Waals surface area contributed by atoms with E-state index in [2.05, 4.69) is 37.4 Å². The maximum Gasteiger partial charge on any atom is 0.335 e. The fourth-order valence-electron chi connectivity index (χ4n) is 4.14. The lowest BCUT2D eigenvalue weighted by molar-refractivity contribution is -0.122. The number of hydrogen-bond donors (Lipinski definition) is 1. The molecule has 0 atom stereocenters. The van der Waals surface area contributed by atoms with Crippen LogP contribution in [0.25, 0.3) is 6.08 Å². The van der Waals surface area contributed by atoms with Gasteiger partial charge in [-0.2, -0.15) is 0 Å². The zero-order chi connectivity index (χ0) is 23.7. The van der Waals surface area contributed by atoms with E-state index < -0.39 is 17.8 Å². The van der Waals surface area contributed by atoms with Gasteiger partial charge in [-0.1, -0.05) is 65.7 Å². The number of hydrogen-bond acceptors (Lipinski definition) is 3. The van der Waals surface area contributed by atoms with E-state index in [1.165, 1.54) is 22.8 Å². The Balaban J connectivity index is 1.60. The SMILES string of the molecule is Cc1cc(C)cc(Cc2ccc(/C=C3\C(=O)NC(=O)N(c4cc(C)ccc4C)C3=O)cc2)c1. The Labute approximate surface area is 193 Å². The predicted octanol–water partition coefficient (Wildman–Crippen LogP) is 5.18. The zero-order valence-corrected chi connectivity index (χ0v) is 19.2. The molecule has 1 saturated heterocycles. The number of benzene rings is 3. The maximum absolute atomic E-state index is 13.2. The quantitative estimate of drug-likeness (QED) is 0.451. The van der Waals surface area contributed by atoms with Crippen molar-refractivity contribution in [3.63, 3.8) is 0 Å². The Hall–Kier alpha value is -3.99. The second-order valence-corrected chi connectivity index (χ2v) is 8.66. The molecule has 166 valence electrons. The lowest BCUT2D eigenvalue weighted by Crippen LogP contribution is -2.54. The number of imide groups is 2. The number of rotatable bonds is 4. The average molecular weight is 439 g/mol. The largest absolute Gasteiger partial charge is 0.335 e. The monoisotopic (exact) mass is 438 g/mol. The van der Waals surface area contributed by atoms with Gasteiger partial charge in [0.2, 0.25) is 0 Å². The molecule has 1 aliphatic heterocycles. The maximum atomic E-state index is 13.2. The molecule has 0 radical (unpaired) electrons. The van der Waals surface area contributed by atoms with E-state index in [9.17, 15) is 14.4 Å². The highest BCUT2D eigenvalue weighted by atomic mass is 16.2. The van der Waals surface area contributed by atoms with Gasteiger partial charge in [0.25, 0.3) is 11.8 Å². The third kappa shape index (κ3) is 4.77. The van der Waals surface area contributed by atoms with Crippen LogP contribution in [-0.2, 0) is 16.0 Å². The van der Waals surface area contributed by atoms with Gasteiger partial charge in [0.15, 0.2) is 0 Å². The molecule has 1 aliphatic rings. The van der Waals surface area contributed by atoms with Crippen LogP contribution in [0, 0.1) is 27.7 Å². The van der Waals surface area contributed by atoms with Crippen LogP contribution < -0.4 is 10.2 Å². The van der Waals surface area contributed by atoms with Crippen molar-refractivity contribution in [2.45, 2.75) is 34.1 Å². The molecule has 0 bridgehead atoms. The number of nitrogens with zero attached hydrogens (tertiary/aromatic N) is 1. The normalized spacial score (nSPS) is 15.2. The number of nitrogens with one attached hydrogen (secondary N) is 1. The number of barbiturate groups is 1. The Morgan fingerprint density at radius 3 is 2.09 bits per heavy atom. The molecule has 0 unspecified atom stereocenters. The van der Waals surface area contributed by atoms with Crippen LogP contribution in [0.5, 0.6) is 0 Å². The lowest BCUT2D eigenvalue weighted by atomic mass is 9.99. The zero-order valence-electron chi connectivity index (χ0n) is 19.2. The molecule has 0 aromatic heterocycles. The summed E-state index contributed by atoms with van der Waals surface area (Å²) < 4.78 is 0. The summed E-state index contributed by atoms with van der Waals surface area (Å²) >= 11 is 0. The lowest BCUT2D eigenvalue weighted by Gasteiger charge is -2.27. The molecular formula is C28H26N2O3. The molecule has 0 saturated carbocycles. The molecular weight excluding hydrogens is 412 g/mol. The molecule has 1 heterocycles. The van der Waals surface area contributed by atoms with Crippen LogP contribution in [-0.4, -0.2) is 17.8 Å². The van der Waals surface area contributed by atoms with E-state index in [1.807, 2.05) is 50.2 Å². The highest BCUT2D eigenvalue weighted by Gasteiger charge is 2.37. The van der Waals surface area contributed by atoms with E-state index >= 15 is 0 Å². The molecule has 3 aromatic rings. The number of carbonyl (C=O) groups excluding carboxylic acids is 3. The third-order valence-electron chi connectivity index (χ3n) is 5.69. The van der Waals surface area contributed by atoms with Crippen molar-refractivity contribution in [2.75, 3.05) is 4.90 Å².